The van der Waals surface area contributed by atoms with E-state index >= 15 is 0 Å². The summed E-state index contributed by atoms with van der Waals surface area (Å²) in [5.74, 6) is -0.526. The molecule has 2 rings (SSSR count). The van der Waals surface area contributed by atoms with Crippen LogP contribution >= 0.6 is 0 Å². The zero-order valence-corrected chi connectivity index (χ0v) is 14.2. The summed E-state index contributed by atoms with van der Waals surface area (Å²) in [5, 5.41) is 5.63. The molecule has 0 radical (unpaired) electrons. The van der Waals surface area contributed by atoms with Crippen LogP contribution in [0.1, 0.15) is 36.7 Å². The molecule has 5 heteroatoms. The molecule has 1 aromatic heterocycles. The minimum atomic E-state index is -0.614. The Morgan fingerprint density at radius 1 is 1.04 bits per heavy atom. The number of amides is 2. The fourth-order valence-electron chi connectivity index (χ4n) is 2.31. The molecule has 0 aliphatic heterocycles. The summed E-state index contributed by atoms with van der Waals surface area (Å²) < 4.78 is 0. The first-order valence-corrected chi connectivity index (χ1v) is 8.12. The Morgan fingerprint density at radius 2 is 1.67 bits per heavy atom. The van der Waals surface area contributed by atoms with E-state index in [9.17, 15) is 9.59 Å². The van der Waals surface area contributed by atoms with Crippen LogP contribution in [0, 0.1) is 5.92 Å². The third-order valence-corrected chi connectivity index (χ3v) is 3.81. The maximum Gasteiger partial charge on any atom is 0.251 e. The van der Waals surface area contributed by atoms with Crippen LogP contribution in [0.2, 0.25) is 0 Å². The molecule has 0 saturated carbocycles. The van der Waals surface area contributed by atoms with Gasteiger partial charge in [0.25, 0.3) is 5.91 Å². The van der Waals surface area contributed by atoms with Crippen LogP contribution in [0.25, 0.3) is 0 Å². The minimum absolute atomic E-state index is 0.0364. The van der Waals surface area contributed by atoms with E-state index < -0.39 is 6.04 Å². The third kappa shape index (κ3) is 4.65. The van der Waals surface area contributed by atoms with E-state index in [-0.39, 0.29) is 17.7 Å². The van der Waals surface area contributed by atoms with Gasteiger partial charge in [0.15, 0.2) is 0 Å². The number of nitrogens with zero attached hydrogens (tertiary/aromatic N) is 1. The molecule has 0 unspecified atom stereocenters. The molecule has 0 bridgehead atoms. The van der Waals surface area contributed by atoms with E-state index in [4.69, 9.17) is 0 Å². The molecule has 0 spiro atoms. The highest BCUT2D eigenvalue weighted by atomic mass is 16.2. The summed E-state index contributed by atoms with van der Waals surface area (Å²) in [7, 11) is 0. The minimum Gasteiger partial charge on any atom is -0.340 e. The van der Waals surface area contributed by atoms with Crippen molar-refractivity contribution in [3.05, 3.63) is 59.9 Å². The van der Waals surface area contributed by atoms with E-state index in [1.807, 2.05) is 26.0 Å². The van der Waals surface area contributed by atoms with E-state index in [2.05, 4.69) is 22.5 Å². The number of pyridine rings is 1. The van der Waals surface area contributed by atoms with Crippen molar-refractivity contribution in [3.63, 3.8) is 0 Å². The number of carbonyl (C=O) groups excluding carboxylic acids is 2. The summed E-state index contributed by atoms with van der Waals surface area (Å²) in [5.41, 5.74) is 2.37. The molecule has 5 nitrogen and oxygen atoms in total. The van der Waals surface area contributed by atoms with E-state index in [0.717, 1.165) is 6.42 Å². The normalized spacial score (nSPS) is 11.8. The van der Waals surface area contributed by atoms with Crippen LogP contribution < -0.4 is 10.6 Å². The van der Waals surface area contributed by atoms with Crippen LogP contribution in [0.4, 0.5) is 5.69 Å². The summed E-state index contributed by atoms with van der Waals surface area (Å²) >= 11 is 0. The summed E-state index contributed by atoms with van der Waals surface area (Å²) in [6.45, 7) is 5.86. The van der Waals surface area contributed by atoms with Crippen molar-refractivity contribution < 1.29 is 9.59 Å². The number of anilines is 1. The van der Waals surface area contributed by atoms with Crippen molar-refractivity contribution in [3.8, 4) is 0 Å². The standard InChI is InChI=1S/C19H23N3O2/c1-4-14-5-7-15(8-6-14)18(23)22-17(13(2)3)19(24)21-16-9-11-20-12-10-16/h5-13,17H,4H2,1-3H3,(H,22,23)(H,20,21,24)/t17-/m1/s1. The largest absolute Gasteiger partial charge is 0.340 e. The zero-order chi connectivity index (χ0) is 17.5. The Morgan fingerprint density at radius 3 is 2.21 bits per heavy atom. The van der Waals surface area contributed by atoms with Crippen LogP contribution in [0.15, 0.2) is 48.8 Å². The second-order valence-electron chi connectivity index (χ2n) is 5.97. The molecule has 2 amide bonds. The highest BCUT2D eigenvalue weighted by Crippen LogP contribution is 2.10. The molecule has 1 aromatic carbocycles. The van der Waals surface area contributed by atoms with Crippen molar-refractivity contribution in [2.24, 2.45) is 5.92 Å². The lowest BCUT2D eigenvalue weighted by Crippen LogP contribution is -2.47. The molecule has 126 valence electrons. The van der Waals surface area contributed by atoms with Gasteiger partial charge in [-0.1, -0.05) is 32.9 Å². The molecule has 2 aromatic rings. The fraction of sp³-hybridized carbons (Fsp3) is 0.316. The van der Waals surface area contributed by atoms with Gasteiger partial charge in [0.1, 0.15) is 6.04 Å². The molecule has 1 heterocycles. The Labute approximate surface area is 142 Å². The number of hydrogen-bond acceptors (Lipinski definition) is 3. The first-order valence-electron chi connectivity index (χ1n) is 8.12. The molecule has 24 heavy (non-hydrogen) atoms. The van der Waals surface area contributed by atoms with Crippen molar-refractivity contribution in [1.82, 2.24) is 10.3 Å². The Kier molecular flexibility index (Phi) is 6.07. The third-order valence-electron chi connectivity index (χ3n) is 3.81. The smallest absolute Gasteiger partial charge is 0.251 e. The number of aryl methyl sites for hydroxylation is 1. The zero-order valence-electron chi connectivity index (χ0n) is 14.2. The number of rotatable bonds is 6. The lowest BCUT2D eigenvalue weighted by atomic mass is 10.0. The molecule has 0 fully saturated rings. The van der Waals surface area contributed by atoms with Crippen molar-refractivity contribution in [2.45, 2.75) is 33.2 Å². The van der Waals surface area contributed by atoms with Crippen molar-refractivity contribution in [2.75, 3.05) is 5.32 Å². The van der Waals surface area contributed by atoms with Gasteiger partial charge in [0.2, 0.25) is 5.91 Å². The topological polar surface area (TPSA) is 71.1 Å². The number of hydrogen-bond donors (Lipinski definition) is 2. The molecular weight excluding hydrogens is 302 g/mol. The van der Waals surface area contributed by atoms with Crippen LogP contribution in [-0.2, 0) is 11.2 Å². The Balaban J connectivity index is 2.06. The quantitative estimate of drug-likeness (QED) is 0.857. The van der Waals surface area contributed by atoms with Crippen molar-refractivity contribution in [1.29, 1.82) is 0 Å². The Hall–Kier alpha value is -2.69. The van der Waals surface area contributed by atoms with Gasteiger partial charge in [-0.2, -0.15) is 0 Å². The molecule has 0 saturated heterocycles. The summed E-state index contributed by atoms with van der Waals surface area (Å²) in [6.07, 6.45) is 4.13. The number of benzene rings is 1. The highest BCUT2D eigenvalue weighted by molar-refractivity contribution is 6.01. The second kappa shape index (κ2) is 8.24. The maximum absolute atomic E-state index is 12.5. The predicted octanol–water partition coefficient (Wildman–Crippen LogP) is 3.04. The lowest BCUT2D eigenvalue weighted by molar-refractivity contribution is -0.118. The number of nitrogens with one attached hydrogen (secondary N) is 2. The van der Waals surface area contributed by atoms with E-state index in [1.165, 1.54) is 5.56 Å². The average Bonchev–Trinajstić information content (AvgIpc) is 2.60. The van der Waals surface area contributed by atoms with E-state index in [1.54, 1.807) is 36.7 Å². The maximum atomic E-state index is 12.5. The van der Waals surface area contributed by atoms with Gasteiger partial charge in [-0.05, 0) is 42.2 Å². The highest BCUT2D eigenvalue weighted by Gasteiger charge is 2.24. The fourth-order valence-corrected chi connectivity index (χ4v) is 2.31. The lowest BCUT2D eigenvalue weighted by Gasteiger charge is -2.21. The molecule has 0 aliphatic carbocycles. The first-order chi connectivity index (χ1) is 11.5. The Bertz CT molecular complexity index is 682. The predicted molar refractivity (Wildman–Crippen MR) is 94.8 cm³/mol. The number of carbonyl (C=O) groups is 2. The monoisotopic (exact) mass is 325 g/mol. The van der Waals surface area contributed by atoms with Crippen LogP contribution in [-0.4, -0.2) is 22.8 Å². The van der Waals surface area contributed by atoms with Gasteiger partial charge in [0, 0.05) is 23.6 Å². The van der Waals surface area contributed by atoms with Gasteiger partial charge in [-0.25, -0.2) is 0 Å². The van der Waals surface area contributed by atoms with Crippen LogP contribution in [0.5, 0.6) is 0 Å². The molecular formula is C19H23N3O2. The van der Waals surface area contributed by atoms with Gasteiger partial charge < -0.3 is 10.6 Å². The molecule has 0 aliphatic rings. The summed E-state index contributed by atoms with van der Waals surface area (Å²) in [6, 6.07) is 10.2. The van der Waals surface area contributed by atoms with Gasteiger partial charge in [-0.3, -0.25) is 14.6 Å². The SMILES string of the molecule is CCc1ccc(C(=O)N[C@@H](C(=O)Nc2ccncc2)C(C)C)cc1. The molecule has 1 atom stereocenters. The van der Waals surface area contributed by atoms with E-state index in [0.29, 0.717) is 11.3 Å². The number of aromatic nitrogens is 1. The van der Waals surface area contributed by atoms with Gasteiger partial charge >= 0.3 is 0 Å². The van der Waals surface area contributed by atoms with Gasteiger partial charge in [0.05, 0.1) is 0 Å². The van der Waals surface area contributed by atoms with Crippen molar-refractivity contribution >= 4 is 17.5 Å². The van der Waals surface area contributed by atoms with Gasteiger partial charge in [-0.15, -0.1) is 0 Å². The second-order valence-corrected chi connectivity index (χ2v) is 5.97. The van der Waals surface area contributed by atoms with Crippen LogP contribution in [0.3, 0.4) is 0 Å². The molecule has 2 N–H and O–H groups in total. The summed E-state index contributed by atoms with van der Waals surface area (Å²) in [4.78, 5) is 28.8. The average molecular weight is 325 g/mol. The first kappa shape index (κ1) is 17.7.